The molecule has 1 unspecified atom stereocenters. The average molecular weight is 508 g/mol. The van der Waals surface area contributed by atoms with Crippen LogP contribution in [0, 0.1) is 0 Å². The molecule has 0 radical (unpaired) electrons. The number of hydrogen-bond acceptors (Lipinski definition) is 5. The Hall–Kier alpha value is -2.78. The SMILES string of the molecule is COc1ccc(N(C(C)C(=O)Nc2ccccc2C(=O)N2CCCCCC2)S(C)(=O)=O)cc1Cl. The minimum absolute atomic E-state index is 0.146. The molecule has 1 N–H and O–H groups in total. The Bertz CT molecular complexity index is 1150. The second-order valence-corrected chi connectivity index (χ2v) is 10.6. The van der Waals surface area contributed by atoms with Gasteiger partial charge in [-0.2, -0.15) is 0 Å². The number of methoxy groups -OCH3 is 1. The number of carbonyl (C=O) groups excluding carboxylic acids is 2. The normalized spacial score (nSPS) is 15.2. The van der Waals surface area contributed by atoms with Crippen LogP contribution in [0.5, 0.6) is 5.75 Å². The monoisotopic (exact) mass is 507 g/mol. The third-order valence-corrected chi connectivity index (χ3v) is 7.32. The van der Waals surface area contributed by atoms with E-state index in [1.165, 1.54) is 32.2 Å². The molecule has 2 aromatic carbocycles. The Balaban J connectivity index is 1.86. The number of nitrogens with zero attached hydrogens (tertiary/aromatic N) is 2. The Morgan fingerprint density at radius 1 is 1.09 bits per heavy atom. The van der Waals surface area contributed by atoms with Crippen molar-refractivity contribution < 1.29 is 22.7 Å². The molecule has 1 aliphatic heterocycles. The third kappa shape index (κ3) is 6.01. The number of anilines is 2. The lowest BCUT2D eigenvalue weighted by atomic mass is 10.1. The van der Waals surface area contributed by atoms with E-state index in [9.17, 15) is 18.0 Å². The molecule has 1 atom stereocenters. The van der Waals surface area contributed by atoms with E-state index in [4.69, 9.17) is 16.3 Å². The molecule has 1 fully saturated rings. The molecule has 0 aromatic heterocycles. The second-order valence-electron chi connectivity index (χ2n) is 8.29. The Kier molecular flexibility index (Phi) is 8.43. The highest BCUT2D eigenvalue weighted by Gasteiger charge is 2.30. The Morgan fingerprint density at radius 3 is 2.32 bits per heavy atom. The largest absolute Gasteiger partial charge is 0.495 e. The molecule has 0 saturated carbocycles. The van der Waals surface area contributed by atoms with E-state index in [-0.39, 0.29) is 16.6 Å². The summed E-state index contributed by atoms with van der Waals surface area (Å²) in [5.74, 6) is -0.335. The number of ether oxygens (including phenoxy) is 1. The van der Waals surface area contributed by atoms with Crippen LogP contribution in [0.25, 0.3) is 0 Å². The summed E-state index contributed by atoms with van der Waals surface area (Å²) in [5.41, 5.74) is 0.947. The predicted molar refractivity (Wildman–Crippen MR) is 134 cm³/mol. The second kappa shape index (κ2) is 11.1. The number of rotatable bonds is 7. The molecule has 3 rings (SSSR count). The summed E-state index contributed by atoms with van der Waals surface area (Å²) in [7, 11) is -2.39. The van der Waals surface area contributed by atoms with Crippen LogP contribution in [0.4, 0.5) is 11.4 Å². The molecule has 10 heteroatoms. The van der Waals surface area contributed by atoms with Crippen molar-refractivity contribution in [2.75, 3.05) is 36.1 Å². The maximum Gasteiger partial charge on any atom is 0.255 e. The van der Waals surface area contributed by atoms with Crippen molar-refractivity contribution in [2.24, 2.45) is 0 Å². The van der Waals surface area contributed by atoms with Crippen molar-refractivity contribution in [3.63, 3.8) is 0 Å². The van der Waals surface area contributed by atoms with Crippen molar-refractivity contribution in [1.82, 2.24) is 4.90 Å². The fourth-order valence-electron chi connectivity index (χ4n) is 4.06. The summed E-state index contributed by atoms with van der Waals surface area (Å²) in [5, 5.41) is 2.97. The van der Waals surface area contributed by atoms with Gasteiger partial charge in [-0.1, -0.05) is 36.6 Å². The summed E-state index contributed by atoms with van der Waals surface area (Å²) in [4.78, 5) is 28.2. The molecule has 0 spiro atoms. The van der Waals surface area contributed by atoms with E-state index in [0.717, 1.165) is 36.2 Å². The van der Waals surface area contributed by atoms with Gasteiger partial charge in [0.2, 0.25) is 15.9 Å². The molecule has 0 bridgehead atoms. The molecular formula is C24H30ClN3O5S. The highest BCUT2D eigenvalue weighted by atomic mass is 35.5. The predicted octanol–water partition coefficient (Wildman–Crippen LogP) is 4.16. The van der Waals surface area contributed by atoms with Gasteiger partial charge in [-0.3, -0.25) is 13.9 Å². The number of hydrogen-bond donors (Lipinski definition) is 1. The first-order valence-electron chi connectivity index (χ1n) is 11.2. The third-order valence-electron chi connectivity index (χ3n) is 5.79. The first kappa shape index (κ1) is 25.8. The first-order valence-corrected chi connectivity index (χ1v) is 13.4. The summed E-state index contributed by atoms with van der Waals surface area (Å²) < 4.78 is 31.4. The maximum atomic E-state index is 13.2. The van der Waals surface area contributed by atoms with E-state index in [2.05, 4.69) is 5.32 Å². The standard InChI is InChI=1S/C24H30ClN3O5S/c1-17(28(34(3,31)32)18-12-13-22(33-2)20(25)16-18)23(29)26-21-11-7-6-10-19(21)24(30)27-14-8-4-5-9-15-27/h6-7,10-13,16-17H,4-5,8-9,14-15H2,1-3H3,(H,26,29). The summed E-state index contributed by atoms with van der Waals surface area (Å²) in [6.07, 6.45) is 5.11. The number of carbonyl (C=O) groups is 2. The van der Waals surface area contributed by atoms with Gasteiger partial charge in [-0.05, 0) is 50.1 Å². The zero-order valence-electron chi connectivity index (χ0n) is 19.6. The fraction of sp³-hybridized carbons (Fsp3) is 0.417. The molecule has 34 heavy (non-hydrogen) atoms. The van der Waals surface area contributed by atoms with Crippen molar-refractivity contribution in [3.8, 4) is 5.75 Å². The van der Waals surface area contributed by atoms with Gasteiger partial charge >= 0.3 is 0 Å². The van der Waals surface area contributed by atoms with Crippen LogP contribution in [0.1, 0.15) is 43.0 Å². The molecule has 8 nitrogen and oxygen atoms in total. The summed E-state index contributed by atoms with van der Waals surface area (Å²) in [6, 6.07) is 10.2. The maximum absolute atomic E-state index is 13.2. The van der Waals surface area contributed by atoms with Gasteiger partial charge in [0.15, 0.2) is 0 Å². The molecule has 2 amide bonds. The minimum Gasteiger partial charge on any atom is -0.495 e. The van der Waals surface area contributed by atoms with Crippen LogP contribution in [-0.2, 0) is 14.8 Å². The lowest BCUT2D eigenvalue weighted by molar-refractivity contribution is -0.116. The minimum atomic E-state index is -3.84. The van der Waals surface area contributed by atoms with Crippen molar-refractivity contribution in [1.29, 1.82) is 0 Å². The van der Waals surface area contributed by atoms with E-state index < -0.39 is 22.0 Å². The average Bonchev–Trinajstić information content (AvgIpc) is 3.08. The number of sulfonamides is 1. The topological polar surface area (TPSA) is 96.0 Å². The van der Waals surface area contributed by atoms with Gasteiger partial charge in [-0.15, -0.1) is 0 Å². The van der Waals surface area contributed by atoms with Gasteiger partial charge in [0.25, 0.3) is 5.91 Å². The Morgan fingerprint density at radius 2 is 1.74 bits per heavy atom. The molecule has 0 aliphatic carbocycles. The van der Waals surface area contributed by atoms with Crippen molar-refractivity contribution in [3.05, 3.63) is 53.1 Å². The van der Waals surface area contributed by atoms with Crippen LogP contribution >= 0.6 is 11.6 Å². The molecule has 1 aliphatic rings. The fourth-order valence-corrected chi connectivity index (χ4v) is 5.48. The zero-order valence-corrected chi connectivity index (χ0v) is 21.2. The van der Waals surface area contributed by atoms with Crippen molar-refractivity contribution >= 4 is 44.8 Å². The van der Waals surface area contributed by atoms with Gasteiger partial charge in [-0.25, -0.2) is 8.42 Å². The summed E-state index contributed by atoms with van der Waals surface area (Å²) >= 11 is 6.19. The van der Waals surface area contributed by atoms with Gasteiger partial charge in [0.1, 0.15) is 11.8 Å². The number of halogens is 1. The highest BCUT2D eigenvalue weighted by Crippen LogP contribution is 2.31. The highest BCUT2D eigenvalue weighted by molar-refractivity contribution is 7.92. The van der Waals surface area contributed by atoms with Gasteiger partial charge < -0.3 is 15.0 Å². The van der Waals surface area contributed by atoms with Crippen LogP contribution in [-0.4, -0.2) is 57.6 Å². The molecule has 184 valence electrons. The number of amides is 2. The quantitative estimate of drug-likeness (QED) is 0.607. The molecule has 1 saturated heterocycles. The van der Waals surface area contributed by atoms with Crippen LogP contribution in [0.15, 0.2) is 42.5 Å². The molecule has 1 heterocycles. The Labute approximate surface area is 205 Å². The van der Waals surface area contributed by atoms with Crippen molar-refractivity contribution in [2.45, 2.75) is 38.6 Å². The van der Waals surface area contributed by atoms with E-state index in [1.807, 2.05) is 4.90 Å². The number of likely N-dealkylation sites (tertiary alicyclic amines) is 1. The summed E-state index contributed by atoms with van der Waals surface area (Å²) in [6.45, 7) is 2.84. The van der Waals surface area contributed by atoms with E-state index in [1.54, 1.807) is 24.3 Å². The van der Waals surface area contributed by atoms with Crippen LogP contribution in [0.3, 0.4) is 0 Å². The first-order chi connectivity index (χ1) is 16.1. The van der Waals surface area contributed by atoms with Gasteiger partial charge in [0.05, 0.1) is 35.3 Å². The van der Waals surface area contributed by atoms with Crippen LogP contribution < -0.4 is 14.4 Å². The molecular weight excluding hydrogens is 478 g/mol. The molecule has 2 aromatic rings. The lowest BCUT2D eigenvalue weighted by Crippen LogP contribution is -2.45. The lowest BCUT2D eigenvalue weighted by Gasteiger charge is -2.29. The van der Waals surface area contributed by atoms with Crippen LogP contribution in [0.2, 0.25) is 5.02 Å². The zero-order chi connectivity index (χ0) is 24.9. The van der Waals surface area contributed by atoms with E-state index >= 15 is 0 Å². The smallest absolute Gasteiger partial charge is 0.255 e. The van der Waals surface area contributed by atoms with E-state index in [0.29, 0.717) is 30.1 Å². The van der Waals surface area contributed by atoms with Gasteiger partial charge in [0, 0.05) is 13.1 Å². The number of benzene rings is 2. The number of para-hydroxylation sites is 1. The number of nitrogens with one attached hydrogen (secondary N) is 1.